The zero-order chi connectivity index (χ0) is 21.0. The van der Waals surface area contributed by atoms with Crippen molar-refractivity contribution in [2.75, 3.05) is 6.61 Å². The van der Waals surface area contributed by atoms with E-state index in [1.54, 1.807) is 6.21 Å². The van der Waals surface area contributed by atoms with E-state index in [1.165, 1.54) is 0 Å². The molecule has 2 bridgehead atoms. The summed E-state index contributed by atoms with van der Waals surface area (Å²) in [5, 5.41) is 5.43. The lowest BCUT2D eigenvalue weighted by atomic mass is 9.85. The minimum Gasteiger partial charge on any atom is -0.494 e. The lowest BCUT2D eigenvalue weighted by Crippen LogP contribution is -2.28. The Morgan fingerprint density at radius 3 is 2.30 bits per heavy atom. The summed E-state index contributed by atoms with van der Waals surface area (Å²) in [6.07, 6.45) is 6.75. The highest BCUT2D eigenvalue weighted by Gasteiger charge is 2.59. The fourth-order valence-electron chi connectivity index (χ4n) is 5.29. The topological polar surface area (TPSA) is 63.9 Å². The Balaban J connectivity index is 1.40. The predicted octanol–water partition coefficient (Wildman–Crippen LogP) is 3.63. The molecule has 6 nitrogen and oxygen atoms in total. The van der Waals surface area contributed by atoms with Crippen LogP contribution >= 0.6 is 0 Å². The minimum atomic E-state index is -0.221. The van der Waals surface area contributed by atoms with Crippen molar-refractivity contribution < 1.29 is 14.3 Å². The molecule has 1 saturated carbocycles. The van der Waals surface area contributed by atoms with Crippen LogP contribution in [0.2, 0.25) is 0 Å². The molecule has 2 aliphatic carbocycles. The molecule has 4 atom stereocenters. The van der Waals surface area contributed by atoms with Gasteiger partial charge < -0.3 is 9.30 Å². The zero-order valence-corrected chi connectivity index (χ0v) is 17.4. The van der Waals surface area contributed by atoms with Crippen molar-refractivity contribution >= 4 is 18.0 Å². The summed E-state index contributed by atoms with van der Waals surface area (Å²) in [6, 6.07) is 9.96. The van der Waals surface area contributed by atoms with Gasteiger partial charge in [0.2, 0.25) is 0 Å². The molecular formula is C24H25N3O3. The van der Waals surface area contributed by atoms with Crippen LogP contribution in [0.15, 0.2) is 47.6 Å². The van der Waals surface area contributed by atoms with Crippen LogP contribution in [0, 0.1) is 37.5 Å². The number of hydrogen-bond donors (Lipinski definition) is 0. The third kappa shape index (κ3) is 2.74. The summed E-state index contributed by atoms with van der Waals surface area (Å²) in [4.78, 5) is 25.6. The summed E-state index contributed by atoms with van der Waals surface area (Å²) in [5.74, 6) is 0.479. The van der Waals surface area contributed by atoms with E-state index in [-0.39, 0.29) is 35.5 Å². The van der Waals surface area contributed by atoms with E-state index in [4.69, 9.17) is 4.74 Å². The van der Waals surface area contributed by atoms with E-state index >= 15 is 0 Å². The van der Waals surface area contributed by atoms with Crippen molar-refractivity contribution in [2.24, 2.45) is 28.8 Å². The van der Waals surface area contributed by atoms with Crippen LogP contribution in [-0.2, 0) is 9.59 Å². The number of imide groups is 1. The molecule has 0 spiro atoms. The summed E-state index contributed by atoms with van der Waals surface area (Å²) in [5.41, 5.74) is 3.97. The zero-order valence-electron chi connectivity index (χ0n) is 17.4. The average molecular weight is 403 g/mol. The quantitative estimate of drug-likeness (QED) is 0.435. The Bertz CT molecular complexity index is 1050. The summed E-state index contributed by atoms with van der Waals surface area (Å²) in [6.45, 7) is 6.64. The van der Waals surface area contributed by atoms with Gasteiger partial charge in [0, 0.05) is 22.6 Å². The van der Waals surface area contributed by atoms with Crippen molar-refractivity contribution in [3.63, 3.8) is 0 Å². The molecule has 2 fully saturated rings. The van der Waals surface area contributed by atoms with Crippen LogP contribution in [0.3, 0.4) is 0 Å². The van der Waals surface area contributed by atoms with Gasteiger partial charge in [0.25, 0.3) is 11.8 Å². The standard InChI is InChI=1S/C24H25N3O3/c1-4-30-20-9-7-19(8-10-20)26-14(2)11-18(15(26)3)13-25-27-23(28)21-16-5-6-17(12-16)22(21)24(27)29/h5-11,13,16-17,21-22H,4,12H2,1-3H3/t16-,17-,21-,22+/m0/s1. The number of ether oxygens (including phenoxy) is 1. The van der Waals surface area contributed by atoms with E-state index in [2.05, 4.69) is 21.8 Å². The number of fused-ring (bicyclic) bond motifs is 5. The monoisotopic (exact) mass is 403 g/mol. The number of nitrogens with zero attached hydrogens (tertiary/aromatic N) is 3. The number of aryl methyl sites for hydroxylation is 1. The maximum Gasteiger partial charge on any atom is 0.254 e. The second-order valence-corrected chi connectivity index (χ2v) is 8.32. The molecule has 2 amide bonds. The van der Waals surface area contributed by atoms with Crippen molar-refractivity contribution in [2.45, 2.75) is 27.2 Å². The van der Waals surface area contributed by atoms with Gasteiger partial charge in [0.15, 0.2) is 0 Å². The number of hydrogen-bond acceptors (Lipinski definition) is 4. The summed E-state index contributed by atoms with van der Waals surface area (Å²) >= 11 is 0. The molecule has 30 heavy (non-hydrogen) atoms. The molecular weight excluding hydrogens is 378 g/mol. The Hall–Kier alpha value is -3.15. The minimum absolute atomic E-state index is 0.154. The largest absolute Gasteiger partial charge is 0.494 e. The highest BCUT2D eigenvalue weighted by atomic mass is 16.5. The molecule has 2 heterocycles. The van der Waals surface area contributed by atoms with Gasteiger partial charge in [-0.15, -0.1) is 0 Å². The van der Waals surface area contributed by atoms with Crippen molar-refractivity contribution in [1.82, 2.24) is 9.58 Å². The molecule has 2 aromatic rings. The van der Waals surface area contributed by atoms with Gasteiger partial charge >= 0.3 is 0 Å². The first-order valence-corrected chi connectivity index (χ1v) is 10.5. The van der Waals surface area contributed by atoms with Crippen molar-refractivity contribution in [3.05, 3.63) is 59.4 Å². The Labute approximate surface area is 175 Å². The normalized spacial score (nSPS) is 27.0. The van der Waals surface area contributed by atoms with Crippen LogP contribution < -0.4 is 4.74 Å². The first-order valence-electron chi connectivity index (χ1n) is 10.5. The molecule has 0 unspecified atom stereocenters. The fourth-order valence-corrected chi connectivity index (χ4v) is 5.29. The first kappa shape index (κ1) is 18.9. The van der Waals surface area contributed by atoms with Gasteiger partial charge in [-0.2, -0.15) is 10.1 Å². The number of carbonyl (C=O) groups is 2. The smallest absolute Gasteiger partial charge is 0.254 e. The molecule has 154 valence electrons. The van der Waals surface area contributed by atoms with Gasteiger partial charge in [-0.3, -0.25) is 9.59 Å². The molecule has 1 saturated heterocycles. The number of carbonyl (C=O) groups excluding carboxylic acids is 2. The molecule has 6 heteroatoms. The Kier molecular flexibility index (Phi) is 4.38. The molecule has 5 rings (SSSR count). The van der Waals surface area contributed by atoms with Gasteiger partial charge in [0.1, 0.15) is 5.75 Å². The third-order valence-electron chi connectivity index (χ3n) is 6.64. The van der Waals surface area contributed by atoms with E-state index in [1.807, 2.05) is 51.1 Å². The van der Waals surface area contributed by atoms with Crippen LogP contribution in [0.4, 0.5) is 0 Å². The third-order valence-corrected chi connectivity index (χ3v) is 6.64. The number of benzene rings is 1. The van der Waals surface area contributed by atoms with Gasteiger partial charge in [0.05, 0.1) is 24.7 Å². The molecule has 1 aliphatic heterocycles. The molecule has 3 aliphatic rings. The first-order chi connectivity index (χ1) is 14.5. The van der Waals surface area contributed by atoms with Crippen LogP contribution in [-0.4, -0.2) is 34.2 Å². The fraction of sp³-hybridized carbons (Fsp3) is 0.375. The lowest BCUT2D eigenvalue weighted by Gasteiger charge is -2.13. The predicted molar refractivity (Wildman–Crippen MR) is 114 cm³/mol. The second kappa shape index (κ2) is 6.97. The molecule has 1 aromatic heterocycles. The van der Waals surface area contributed by atoms with E-state index in [0.717, 1.165) is 39.8 Å². The van der Waals surface area contributed by atoms with E-state index in [9.17, 15) is 9.59 Å². The van der Waals surface area contributed by atoms with Gasteiger partial charge in [-0.05, 0) is 69.4 Å². The molecule has 0 N–H and O–H groups in total. The highest BCUT2D eigenvalue weighted by Crippen LogP contribution is 2.52. The van der Waals surface area contributed by atoms with Crippen LogP contribution in [0.25, 0.3) is 5.69 Å². The lowest BCUT2D eigenvalue weighted by molar-refractivity contribution is -0.140. The maximum absolute atomic E-state index is 12.8. The average Bonchev–Trinajstić information content (AvgIpc) is 3.46. The molecule has 1 aromatic carbocycles. The second-order valence-electron chi connectivity index (χ2n) is 8.32. The number of amides is 2. The summed E-state index contributed by atoms with van der Waals surface area (Å²) < 4.78 is 7.65. The van der Waals surface area contributed by atoms with Crippen molar-refractivity contribution in [1.29, 1.82) is 0 Å². The maximum atomic E-state index is 12.8. The van der Waals surface area contributed by atoms with Gasteiger partial charge in [-0.25, -0.2) is 0 Å². The molecule has 0 radical (unpaired) electrons. The van der Waals surface area contributed by atoms with E-state index in [0.29, 0.717) is 6.61 Å². The van der Waals surface area contributed by atoms with Gasteiger partial charge in [-0.1, -0.05) is 12.2 Å². The van der Waals surface area contributed by atoms with Crippen LogP contribution in [0.5, 0.6) is 5.75 Å². The van der Waals surface area contributed by atoms with Crippen molar-refractivity contribution in [3.8, 4) is 11.4 Å². The SMILES string of the molecule is CCOc1ccc(-n2c(C)cc(C=NN3C(=O)[C@@H]4[C@H](C3=O)[C@H]3C=C[C@H]4C3)c2C)cc1. The van der Waals surface area contributed by atoms with Crippen LogP contribution in [0.1, 0.15) is 30.3 Å². The number of aromatic nitrogens is 1. The Morgan fingerprint density at radius 2 is 1.70 bits per heavy atom. The number of rotatable bonds is 5. The van der Waals surface area contributed by atoms with E-state index < -0.39 is 0 Å². The number of hydrazone groups is 1. The number of allylic oxidation sites excluding steroid dienone is 2. The highest BCUT2D eigenvalue weighted by molar-refractivity contribution is 6.06. The Morgan fingerprint density at radius 1 is 1.07 bits per heavy atom. The summed E-state index contributed by atoms with van der Waals surface area (Å²) in [7, 11) is 0.